The summed E-state index contributed by atoms with van der Waals surface area (Å²) in [5.74, 6) is 0.0496. The standard InChI is InChI=1S/C16H22N4O/c1-13(12-20-11-7-10-17-20)18-15(16(21)19(2)3)14-8-5-4-6-9-14/h4-11,13,15,18H,12H2,1-3H3/t13-,15-/m0/s1. The molecule has 0 unspecified atom stereocenters. The van der Waals surface area contributed by atoms with Crippen LogP contribution in [0.4, 0.5) is 0 Å². The molecule has 2 atom stereocenters. The van der Waals surface area contributed by atoms with Crippen molar-refractivity contribution in [2.45, 2.75) is 25.6 Å². The summed E-state index contributed by atoms with van der Waals surface area (Å²) in [6.07, 6.45) is 3.68. The minimum atomic E-state index is -0.341. The summed E-state index contributed by atoms with van der Waals surface area (Å²) in [6, 6.07) is 11.5. The number of likely N-dealkylation sites (N-methyl/N-ethyl adjacent to an activating group) is 1. The molecule has 0 saturated carbocycles. The minimum absolute atomic E-state index is 0.0496. The van der Waals surface area contributed by atoms with E-state index in [0.717, 1.165) is 12.1 Å². The molecule has 1 amide bonds. The van der Waals surface area contributed by atoms with Crippen LogP contribution in [0.5, 0.6) is 0 Å². The molecule has 21 heavy (non-hydrogen) atoms. The summed E-state index contributed by atoms with van der Waals surface area (Å²) in [4.78, 5) is 14.0. The molecule has 0 radical (unpaired) electrons. The van der Waals surface area contributed by atoms with Crippen molar-refractivity contribution in [3.05, 3.63) is 54.4 Å². The minimum Gasteiger partial charge on any atom is -0.347 e. The van der Waals surface area contributed by atoms with E-state index in [9.17, 15) is 4.79 Å². The fourth-order valence-corrected chi connectivity index (χ4v) is 2.24. The summed E-state index contributed by atoms with van der Waals surface area (Å²) in [5, 5.41) is 7.60. The molecule has 0 aliphatic carbocycles. The van der Waals surface area contributed by atoms with Gasteiger partial charge in [0, 0.05) is 32.5 Å². The molecule has 0 saturated heterocycles. The Morgan fingerprint density at radius 1 is 1.29 bits per heavy atom. The van der Waals surface area contributed by atoms with Gasteiger partial charge in [0.15, 0.2) is 0 Å². The molecule has 112 valence electrons. The summed E-state index contributed by atoms with van der Waals surface area (Å²) < 4.78 is 1.86. The average Bonchev–Trinajstić information content (AvgIpc) is 2.97. The second kappa shape index (κ2) is 7.04. The predicted octanol–water partition coefficient (Wildman–Crippen LogP) is 1.69. The fraction of sp³-hybridized carbons (Fsp3) is 0.375. The van der Waals surface area contributed by atoms with E-state index in [1.807, 2.05) is 47.3 Å². The molecule has 2 aromatic rings. The molecule has 0 spiro atoms. The van der Waals surface area contributed by atoms with E-state index in [4.69, 9.17) is 0 Å². The van der Waals surface area contributed by atoms with Crippen molar-refractivity contribution in [3.8, 4) is 0 Å². The van der Waals surface area contributed by atoms with Gasteiger partial charge in [0.25, 0.3) is 0 Å². The molecule has 5 nitrogen and oxygen atoms in total. The van der Waals surface area contributed by atoms with Gasteiger partial charge in [0.2, 0.25) is 5.91 Å². The highest BCUT2D eigenvalue weighted by molar-refractivity contribution is 5.82. The monoisotopic (exact) mass is 286 g/mol. The van der Waals surface area contributed by atoms with Crippen molar-refractivity contribution in [1.82, 2.24) is 20.0 Å². The Morgan fingerprint density at radius 2 is 2.00 bits per heavy atom. The maximum atomic E-state index is 12.4. The quantitative estimate of drug-likeness (QED) is 0.879. The number of nitrogens with zero attached hydrogens (tertiary/aromatic N) is 3. The lowest BCUT2D eigenvalue weighted by atomic mass is 10.0. The molecule has 0 bridgehead atoms. The molecule has 5 heteroatoms. The van der Waals surface area contributed by atoms with Crippen molar-refractivity contribution in [1.29, 1.82) is 0 Å². The smallest absolute Gasteiger partial charge is 0.243 e. The first-order valence-corrected chi connectivity index (χ1v) is 7.07. The third-order valence-electron chi connectivity index (χ3n) is 3.29. The van der Waals surface area contributed by atoms with Crippen LogP contribution in [0.25, 0.3) is 0 Å². The molecular weight excluding hydrogens is 264 g/mol. The number of rotatable bonds is 6. The highest BCUT2D eigenvalue weighted by Crippen LogP contribution is 2.15. The molecule has 2 rings (SSSR count). The summed E-state index contributed by atoms with van der Waals surface area (Å²) in [6.45, 7) is 2.78. The third-order valence-corrected chi connectivity index (χ3v) is 3.29. The van der Waals surface area contributed by atoms with Gasteiger partial charge in [0.1, 0.15) is 6.04 Å². The summed E-state index contributed by atoms with van der Waals surface area (Å²) >= 11 is 0. The number of carbonyl (C=O) groups is 1. The SMILES string of the molecule is C[C@@H](Cn1cccn1)N[C@H](C(=O)N(C)C)c1ccccc1. The fourth-order valence-electron chi connectivity index (χ4n) is 2.24. The van der Waals surface area contributed by atoms with Crippen LogP contribution in [-0.4, -0.2) is 40.7 Å². The maximum absolute atomic E-state index is 12.4. The number of hydrogen-bond donors (Lipinski definition) is 1. The Kier molecular flexibility index (Phi) is 5.11. The molecule has 1 heterocycles. The van der Waals surface area contributed by atoms with Gasteiger partial charge in [0.05, 0.1) is 6.54 Å². The van der Waals surface area contributed by atoms with E-state index < -0.39 is 0 Å². The summed E-state index contributed by atoms with van der Waals surface area (Å²) in [7, 11) is 3.55. The van der Waals surface area contributed by atoms with E-state index >= 15 is 0 Å². The van der Waals surface area contributed by atoms with Crippen LogP contribution in [0, 0.1) is 0 Å². The number of nitrogens with one attached hydrogen (secondary N) is 1. The number of amides is 1. The topological polar surface area (TPSA) is 50.2 Å². The highest BCUT2D eigenvalue weighted by atomic mass is 16.2. The number of benzene rings is 1. The Labute approximate surface area is 125 Å². The zero-order chi connectivity index (χ0) is 15.2. The van der Waals surface area contributed by atoms with Gasteiger partial charge in [-0.25, -0.2) is 0 Å². The zero-order valence-electron chi connectivity index (χ0n) is 12.7. The Morgan fingerprint density at radius 3 is 2.57 bits per heavy atom. The normalized spacial score (nSPS) is 13.7. The van der Waals surface area contributed by atoms with E-state index in [0.29, 0.717) is 0 Å². The van der Waals surface area contributed by atoms with E-state index in [-0.39, 0.29) is 18.0 Å². The third kappa shape index (κ3) is 4.16. The summed E-state index contributed by atoms with van der Waals surface area (Å²) in [5.41, 5.74) is 0.975. The van der Waals surface area contributed by atoms with Crippen molar-refractivity contribution < 1.29 is 4.79 Å². The van der Waals surface area contributed by atoms with Crippen LogP contribution in [0.1, 0.15) is 18.5 Å². The Hall–Kier alpha value is -2.14. The lowest BCUT2D eigenvalue weighted by Crippen LogP contribution is -2.42. The van der Waals surface area contributed by atoms with Crippen molar-refractivity contribution in [3.63, 3.8) is 0 Å². The second-order valence-corrected chi connectivity index (χ2v) is 5.37. The van der Waals surface area contributed by atoms with Crippen molar-refractivity contribution >= 4 is 5.91 Å². The van der Waals surface area contributed by atoms with Gasteiger partial charge in [-0.15, -0.1) is 0 Å². The molecule has 0 aliphatic heterocycles. The lowest BCUT2D eigenvalue weighted by molar-refractivity contribution is -0.131. The number of hydrogen-bond acceptors (Lipinski definition) is 3. The van der Waals surface area contributed by atoms with Crippen LogP contribution < -0.4 is 5.32 Å². The molecule has 1 N–H and O–H groups in total. The van der Waals surface area contributed by atoms with Crippen LogP contribution in [0.3, 0.4) is 0 Å². The van der Waals surface area contributed by atoms with Crippen LogP contribution in [0.15, 0.2) is 48.8 Å². The van der Waals surface area contributed by atoms with E-state index in [2.05, 4.69) is 17.3 Å². The lowest BCUT2D eigenvalue weighted by Gasteiger charge is -2.25. The van der Waals surface area contributed by atoms with E-state index in [1.165, 1.54) is 0 Å². The largest absolute Gasteiger partial charge is 0.347 e. The molecule has 1 aromatic carbocycles. The van der Waals surface area contributed by atoms with Crippen molar-refractivity contribution in [2.75, 3.05) is 14.1 Å². The highest BCUT2D eigenvalue weighted by Gasteiger charge is 2.23. The molecule has 0 aliphatic rings. The van der Waals surface area contributed by atoms with Gasteiger partial charge >= 0.3 is 0 Å². The second-order valence-electron chi connectivity index (χ2n) is 5.37. The van der Waals surface area contributed by atoms with Crippen LogP contribution >= 0.6 is 0 Å². The van der Waals surface area contributed by atoms with Gasteiger partial charge < -0.3 is 4.90 Å². The average molecular weight is 286 g/mol. The maximum Gasteiger partial charge on any atom is 0.243 e. The Balaban J connectivity index is 2.10. The molecule has 1 aromatic heterocycles. The van der Waals surface area contributed by atoms with Gasteiger partial charge in [-0.1, -0.05) is 30.3 Å². The first-order valence-electron chi connectivity index (χ1n) is 7.07. The van der Waals surface area contributed by atoms with Crippen LogP contribution in [-0.2, 0) is 11.3 Å². The van der Waals surface area contributed by atoms with Gasteiger partial charge in [-0.3, -0.25) is 14.8 Å². The van der Waals surface area contributed by atoms with Gasteiger partial charge in [-0.05, 0) is 18.6 Å². The first kappa shape index (κ1) is 15.3. The van der Waals surface area contributed by atoms with Crippen LogP contribution in [0.2, 0.25) is 0 Å². The van der Waals surface area contributed by atoms with Gasteiger partial charge in [-0.2, -0.15) is 5.10 Å². The number of aromatic nitrogens is 2. The Bertz CT molecular complexity index is 551. The first-order chi connectivity index (χ1) is 10.1. The zero-order valence-corrected chi connectivity index (χ0v) is 12.7. The molecular formula is C16H22N4O. The molecule has 0 fully saturated rings. The predicted molar refractivity (Wildman–Crippen MR) is 82.7 cm³/mol. The van der Waals surface area contributed by atoms with E-state index in [1.54, 1.807) is 25.2 Å². The number of carbonyl (C=O) groups excluding carboxylic acids is 1. The van der Waals surface area contributed by atoms with Crippen molar-refractivity contribution in [2.24, 2.45) is 0 Å².